The van der Waals surface area contributed by atoms with Crippen molar-refractivity contribution in [2.75, 3.05) is 6.54 Å². The highest BCUT2D eigenvalue weighted by atomic mass is 16.1. The molecule has 11 heavy (non-hydrogen) atoms. The van der Waals surface area contributed by atoms with Crippen molar-refractivity contribution in [1.82, 2.24) is 4.57 Å². The van der Waals surface area contributed by atoms with Crippen molar-refractivity contribution in [2.24, 2.45) is 5.73 Å². The van der Waals surface area contributed by atoms with Crippen LogP contribution in [0.1, 0.15) is 17.4 Å². The fraction of sp³-hybridized carbons (Fsp3) is 0.375. The summed E-state index contributed by atoms with van der Waals surface area (Å²) in [5, 5.41) is 0. The summed E-state index contributed by atoms with van der Waals surface area (Å²) in [7, 11) is 0. The number of carbonyl (C=O) groups excluding carboxylic acids is 1. The fourth-order valence-corrected chi connectivity index (χ4v) is 1.05. The maximum absolute atomic E-state index is 11.1. The Morgan fingerprint density at radius 2 is 2.45 bits per heavy atom. The highest BCUT2D eigenvalue weighted by Crippen LogP contribution is 2.01. The molecule has 0 aliphatic rings. The number of hydrogen-bond acceptors (Lipinski definition) is 2. The van der Waals surface area contributed by atoms with E-state index in [9.17, 15) is 4.79 Å². The summed E-state index contributed by atoms with van der Waals surface area (Å²) < 4.78 is 1.88. The van der Waals surface area contributed by atoms with E-state index in [4.69, 9.17) is 5.73 Å². The summed E-state index contributed by atoms with van der Waals surface area (Å²) in [5.41, 5.74) is 5.93. The van der Waals surface area contributed by atoms with E-state index in [-0.39, 0.29) is 12.3 Å². The van der Waals surface area contributed by atoms with Gasteiger partial charge >= 0.3 is 0 Å². The first-order valence-electron chi connectivity index (χ1n) is 3.68. The van der Waals surface area contributed by atoms with Gasteiger partial charge in [-0.15, -0.1) is 0 Å². The molecule has 0 saturated heterocycles. The Morgan fingerprint density at radius 3 is 3.00 bits per heavy atom. The largest absolute Gasteiger partial charge is 0.345 e. The zero-order valence-electron chi connectivity index (χ0n) is 6.58. The van der Waals surface area contributed by atoms with Crippen LogP contribution in [-0.2, 0) is 6.54 Å². The Bertz CT molecular complexity index is 252. The van der Waals surface area contributed by atoms with Crippen LogP contribution in [0.3, 0.4) is 0 Å². The number of nitrogens with zero attached hydrogens (tertiary/aromatic N) is 1. The number of nitrogens with two attached hydrogens (primary N) is 1. The van der Waals surface area contributed by atoms with Gasteiger partial charge < -0.3 is 10.3 Å². The van der Waals surface area contributed by atoms with Gasteiger partial charge in [-0.3, -0.25) is 4.79 Å². The van der Waals surface area contributed by atoms with E-state index < -0.39 is 0 Å². The second kappa shape index (κ2) is 3.34. The normalized spacial score (nSPS) is 10.0. The third-order valence-electron chi connectivity index (χ3n) is 1.64. The monoisotopic (exact) mass is 152 g/mol. The summed E-state index contributed by atoms with van der Waals surface area (Å²) in [4.78, 5) is 11.1. The predicted octanol–water partition coefficient (Wildman–Crippen LogP) is 0.649. The molecular formula is C8H12N2O. The standard InChI is InChI=1S/C8H12N2O/c1-2-10-5-3-4-7(10)8(11)6-9/h3-5H,2,6,9H2,1H3. The molecular weight excluding hydrogens is 140 g/mol. The molecule has 3 nitrogen and oxygen atoms in total. The van der Waals surface area contributed by atoms with Gasteiger partial charge in [0.1, 0.15) is 0 Å². The number of hydrogen-bond donors (Lipinski definition) is 1. The minimum absolute atomic E-state index is 0.00292. The summed E-state index contributed by atoms with van der Waals surface area (Å²) in [6.45, 7) is 2.89. The van der Waals surface area contributed by atoms with E-state index in [1.165, 1.54) is 0 Å². The van der Waals surface area contributed by atoms with Crippen LogP contribution in [0, 0.1) is 0 Å². The third-order valence-corrected chi connectivity index (χ3v) is 1.64. The molecule has 1 rings (SSSR count). The smallest absolute Gasteiger partial charge is 0.192 e. The van der Waals surface area contributed by atoms with E-state index in [0.717, 1.165) is 6.54 Å². The van der Waals surface area contributed by atoms with Crippen LogP contribution in [0.4, 0.5) is 0 Å². The van der Waals surface area contributed by atoms with Gasteiger partial charge in [0.25, 0.3) is 0 Å². The SMILES string of the molecule is CCn1cccc1C(=O)CN. The maximum atomic E-state index is 11.1. The van der Waals surface area contributed by atoms with Crippen molar-refractivity contribution in [2.45, 2.75) is 13.5 Å². The van der Waals surface area contributed by atoms with Crippen molar-refractivity contribution in [1.29, 1.82) is 0 Å². The molecule has 3 heteroatoms. The van der Waals surface area contributed by atoms with Gasteiger partial charge in [-0.05, 0) is 19.1 Å². The summed E-state index contributed by atoms with van der Waals surface area (Å²) >= 11 is 0. The minimum Gasteiger partial charge on any atom is -0.345 e. The molecule has 1 aromatic heterocycles. The Morgan fingerprint density at radius 1 is 1.73 bits per heavy atom. The first kappa shape index (κ1) is 8.01. The van der Waals surface area contributed by atoms with Crippen LogP contribution in [0.5, 0.6) is 0 Å². The first-order chi connectivity index (χ1) is 5.29. The lowest BCUT2D eigenvalue weighted by atomic mass is 10.3. The van der Waals surface area contributed by atoms with Crippen molar-refractivity contribution in [3.05, 3.63) is 24.0 Å². The summed E-state index contributed by atoms with van der Waals surface area (Å²) in [6, 6.07) is 3.64. The lowest BCUT2D eigenvalue weighted by Crippen LogP contribution is -2.17. The zero-order valence-corrected chi connectivity index (χ0v) is 6.58. The van der Waals surface area contributed by atoms with Crippen molar-refractivity contribution in [3.63, 3.8) is 0 Å². The molecule has 60 valence electrons. The molecule has 0 atom stereocenters. The summed E-state index contributed by atoms with van der Waals surface area (Å²) in [5.74, 6) is -0.00292. The van der Waals surface area contributed by atoms with Gasteiger partial charge in [0.2, 0.25) is 0 Å². The highest BCUT2D eigenvalue weighted by Gasteiger charge is 2.06. The quantitative estimate of drug-likeness (QED) is 0.646. The van der Waals surface area contributed by atoms with Gasteiger partial charge in [0, 0.05) is 12.7 Å². The molecule has 0 aliphatic carbocycles. The van der Waals surface area contributed by atoms with Gasteiger partial charge in [0.15, 0.2) is 5.78 Å². The molecule has 0 saturated carbocycles. The Hall–Kier alpha value is -1.09. The number of ketones is 1. The van der Waals surface area contributed by atoms with Crippen LogP contribution in [0.25, 0.3) is 0 Å². The van der Waals surface area contributed by atoms with Crippen molar-refractivity contribution >= 4 is 5.78 Å². The van der Waals surface area contributed by atoms with E-state index in [2.05, 4.69) is 0 Å². The Labute approximate surface area is 65.8 Å². The van der Waals surface area contributed by atoms with E-state index in [1.54, 1.807) is 6.07 Å². The van der Waals surface area contributed by atoms with Crippen molar-refractivity contribution in [3.8, 4) is 0 Å². The molecule has 1 heterocycles. The number of Topliss-reactive ketones (excluding diaryl/α,β-unsaturated/α-hetero) is 1. The summed E-state index contributed by atoms with van der Waals surface area (Å²) in [6.07, 6.45) is 1.88. The Balaban J connectivity index is 2.92. The molecule has 0 fully saturated rings. The second-order valence-electron chi connectivity index (χ2n) is 2.31. The molecule has 0 spiro atoms. The van der Waals surface area contributed by atoms with Crippen LogP contribution in [-0.4, -0.2) is 16.9 Å². The van der Waals surface area contributed by atoms with Gasteiger partial charge in [-0.25, -0.2) is 0 Å². The van der Waals surface area contributed by atoms with E-state index in [1.807, 2.05) is 23.8 Å². The van der Waals surface area contributed by atoms with Crippen LogP contribution in [0.15, 0.2) is 18.3 Å². The second-order valence-corrected chi connectivity index (χ2v) is 2.31. The van der Waals surface area contributed by atoms with Gasteiger partial charge in [-0.2, -0.15) is 0 Å². The number of aryl methyl sites for hydroxylation is 1. The van der Waals surface area contributed by atoms with Crippen LogP contribution >= 0.6 is 0 Å². The minimum atomic E-state index is -0.00292. The molecule has 2 N–H and O–H groups in total. The van der Waals surface area contributed by atoms with Crippen LogP contribution in [0.2, 0.25) is 0 Å². The lowest BCUT2D eigenvalue weighted by molar-refractivity contribution is 0.0993. The Kier molecular flexibility index (Phi) is 2.44. The van der Waals surface area contributed by atoms with Crippen LogP contribution < -0.4 is 5.73 Å². The average Bonchev–Trinajstić information content (AvgIpc) is 2.50. The zero-order chi connectivity index (χ0) is 8.27. The number of rotatable bonds is 3. The predicted molar refractivity (Wildman–Crippen MR) is 43.5 cm³/mol. The third kappa shape index (κ3) is 1.49. The molecule has 0 aromatic carbocycles. The number of carbonyl (C=O) groups is 1. The molecule has 0 amide bonds. The molecule has 0 aliphatic heterocycles. The van der Waals surface area contributed by atoms with Gasteiger partial charge in [0.05, 0.1) is 12.2 Å². The molecule has 0 radical (unpaired) electrons. The lowest BCUT2D eigenvalue weighted by Gasteiger charge is -2.02. The van der Waals surface area contributed by atoms with Crippen molar-refractivity contribution < 1.29 is 4.79 Å². The fourth-order valence-electron chi connectivity index (χ4n) is 1.05. The number of aromatic nitrogens is 1. The molecule has 1 aromatic rings. The first-order valence-corrected chi connectivity index (χ1v) is 3.68. The van der Waals surface area contributed by atoms with E-state index in [0.29, 0.717) is 5.69 Å². The van der Waals surface area contributed by atoms with E-state index >= 15 is 0 Å². The van der Waals surface area contributed by atoms with Gasteiger partial charge in [-0.1, -0.05) is 0 Å². The highest BCUT2D eigenvalue weighted by molar-refractivity contribution is 5.96. The average molecular weight is 152 g/mol. The molecule has 0 unspecified atom stereocenters. The topological polar surface area (TPSA) is 48.0 Å². The maximum Gasteiger partial charge on any atom is 0.192 e. The molecule has 0 bridgehead atoms.